The second-order valence-corrected chi connectivity index (χ2v) is 8.07. The Kier molecular flexibility index (Phi) is 6.22. The van der Waals surface area contributed by atoms with Gasteiger partial charge in [0.1, 0.15) is 0 Å². The molecule has 32 heavy (non-hydrogen) atoms. The summed E-state index contributed by atoms with van der Waals surface area (Å²) in [5, 5.41) is 0. The number of hydrogen-bond donors (Lipinski definition) is 0. The van der Waals surface area contributed by atoms with E-state index in [1.54, 1.807) is 12.3 Å². The number of aromatic amines is 1. The lowest BCUT2D eigenvalue weighted by Crippen LogP contribution is -2.20. The van der Waals surface area contributed by atoms with E-state index in [2.05, 4.69) is 91.3 Å². The molecular weight excluding hydrogens is 394 g/mol. The molecule has 0 saturated heterocycles. The predicted molar refractivity (Wildman–Crippen MR) is 133 cm³/mol. The molecule has 1 aromatic heterocycles. The van der Waals surface area contributed by atoms with E-state index in [9.17, 15) is 4.79 Å². The van der Waals surface area contributed by atoms with Gasteiger partial charge in [-0.2, -0.15) is 0 Å². The maximum atomic E-state index is 12.5. The van der Waals surface area contributed by atoms with Gasteiger partial charge in [-0.15, -0.1) is 0 Å². The SMILES string of the molecule is CCN(C)c1ccc(C(=C2C=CC(=O)c3[nH+]cccc32)c2ccc(N(C)CC)cc2)cc1. The number of pyridine rings is 1. The van der Waals surface area contributed by atoms with E-state index in [-0.39, 0.29) is 5.78 Å². The summed E-state index contributed by atoms with van der Waals surface area (Å²) in [6.45, 7) is 6.20. The molecule has 1 heterocycles. The average Bonchev–Trinajstić information content (AvgIpc) is 2.85. The molecule has 0 fully saturated rings. The zero-order valence-electron chi connectivity index (χ0n) is 19.2. The zero-order chi connectivity index (χ0) is 22.7. The van der Waals surface area contributed by atoms with Gasteiger partial charge in [-0.25, -0.2) is 4.98 Å². The van der Waals surface area contributed by atoms with Crippen LogP contribution in [-0.2, 0) is 0 Å². The fraction of sp³-hybridized carbons (Fsp3) is 0.214. The number of aromatic nitrogens is 1. The van der Waals surface area contributed by atoms with Crippen molar-refractivity contribution in [3.63, 3.8) is 0 Å². The fourth-order valence-electron chi connectivity index (χ4n) is 4.02. The Balaban J connectivity index is 1.91. The number of allylic oxidation sites excluding steroid dienone is 3. The van der Waals surface area contributed by atoms with Crippen molar-refractivity contribution < 1.29 is 9.78 Å². The standard InChI is InChI=1S/C28H29N3O/c1-5-30(3)22-13-9-20(10-14-22)27(21-11-15-23(16-12-21)31(4)6-2)24-17-18-26(32)28-25(24)8-7-19-29-28/h7-19H,5-6H2,1-4H3/p+1. The molecule has 3 aromatic rings. The normalized spacial score (nSPS) is 12.5. The summed E-state index contributed by atoms with van der Waals surface area (Å²) in [5.74, 6) is 0.00328. The number of nitrogens with zero attached hydrogens (tertiary/aromatic N) is 2. The highest BCUT2D eigenvalue weighted by Gasteiger charge is 2.25. The summed E-state index contributed by atoms with van der Waals surface area (Å²) < 4.78 is 0. The van der Waals surface area contributed by atoms with Gasteiger partial charge in [-0.3, -0.25) is 4.79 Å². The van der Waals surface area contributed by atoms with Crippen LogP contribution in [0.5, 0.6) is 0 Å². The number of rotatable bonds is 6. The molecule has 0 spiro atoms. The maximum Gasteiger partial charge on any atom is 0.259 e. The highest BCUT2D eigenvalue weighted by atomic mass is 16.1. The number of carbonyl (C=O) groups excluding carboxylic acids is 1. The van der Waals surface area contributed by atoms with Crippen LogP contribution in [0.4, 0.5) is 11.4 Å². The van der Waals surface area contributed by atoms with Crippen molar-refractivity contribution in [2.24, 2.45) is 0 Å². The van der Waals surface area contributed by atoms with Crippen LogP contribution in [-0.4, -0.2) is 33.0 Å². The highest BCUT2D eigenvalue weighted by Crippen LogP contribution is 2.37. The Morgan fingerprint density at radius 2 is 1.31 bits per heavy atom. The molecule has 0 bridgehead atoms. The van der Waals surface area contributed by atoms with Crippen LogP contribution in [0.3, 0.4) is 0 Å². The number of hydrogen-bond acceptors (Lipinski definition) is 3. The quantitative estimate of drug-likeness (QED) is 0.551. The van der Waals surface area contributed by atoms with E-state index in [0.29, 0.717) is 5.69 Å². The Hall–Kier alpha value is -3.66. The van der Waals surface area contributed by atoms with Crippen LogP contribution in [0.15, 0.2) is 79.0 Å². The van der Waals surface area contributed by atoms with Crippen LogP contribution in [0.2, 0.25) is 0 Å². The molecule has 162 valence electrons. The first kappa shape index (κ1) is 21.6. The van der Waals surface area contributed by atoms with Crippen molar-refractivity contribution in [3.8, 4) is 0 Å². The fourth-order valence-corrected chi connectivity index (χ4v) is 4.02. The Labute approximate surface area is 190 Å². The first-order valence-electron chi connectivity index (χ1n) is 11.1. The third-order valence-electron chi connectivity index (χ3n) is 6.21. The molecule has 1 N–H and O–H groups in total. The number of nitrogens with one attached hydrogen (secondary N) is 1. The van der Waals surface area contributed by atoms with Gasteiger partial charge in [-0.1, -0.05) is 24.3 Å². The molecule has 4 nitrogen and oxygen atoms in total. The Morgan fingerprint density at radius 3 is 1.81 bits per heavy atom. The van der Waals surface area contributed by atoms with E-state index < -0.39 is 0 Å². The van der Waals surface area contributed by atoms with Gasteiger partial charge in [0.15, 0.2) is 6.20 Å². The number of carbonyl (C=O) groups is 1. The Morgan fingerprint density at radius 1 is 0.781 bits per heavy atom. The number of fused-ring (bicyclic) bond motifs is 1. The second kappa shape index (κ2) is 9.23. The van der Waals surface area contributed by atoms with E-state index in [0.717, 1.165) is 40.9 Å². The monoisotopic (exact) mass is 424 g/mol. The summed E-state index contributed by atoms with van der Waals surface area (Å²) in [6, 6.07) is 21.3. The summed E-state index contributed by atoms with van der Waals surface area (Å²) in [4.78, 5) is 20.1. The molecule has 2 aromatic carbocycles. The van der Waals surface area contributed by atoms with Crippen molar-refractivity contribution in [1.82, 2.24) is 0 Å². The van der Waals surface area contributed by atoms with Crippen molar-refractivity contribution in [2.75, 3.05) is 37.0 Å². The third-order valence-corrected chi connectivity index (χ3v) is 6.21. The van der Waals surface area contributed by atoms with Gasteiger partial charge in [-0.05, 0) is 78.6 Å². The molecule has 0 aliphatic heterocycles. The number of H-pyrrole nitrogens is 1. The summed E-state index contributed by atoms with van der Waals surface area (Å²) in [5.41, 5.74) is 8.34. The molecule has 1 aliphatic rings. The Bertz CT molecular complexity index is 1120. The smallest absolute Gasteiger partial charge is 0.259 e. The van der Waals surface area contributed by atoms with Crippen molar-refractivity contribution in [2.45, 2.75) is 13.8 Å². The maximum absolute atomic E-state index is 12.5. The van der Waals surface area contributed by atoms with Crippen LogP contribution in [0.25, 0.3) is 11.1 Å². The minimum Gasteiger partial charge on any atom is -0.375 e. The lowest BCUT2D eigenvalue weighted by atomic mass is 9.85. The zero-order valence-corrected chi connectivity index (χ0v) is 19.2. The van der Waals surface area contributed by atoms with Crippen LogP contribution in [0.1, 0.15) is 41.0 Å². The summed E-state index contributed by atoms with van der Waals surface area (Å²) in [6.07, 6.45) is 5.41. The van der Waals surface area contributed by atoms with Crippen molar-refractivity contribution >= 4 is 28.3 Å². The molecule has 0 radical (unpaired) electrons. The highest BCUT2D eigenvalue weighted by molar-refractivity contribution is 6.15. The van der Waals surface area contributed by atoms with Gasteiger partial charge >= 0.3 is 0 Å². The topological polar surface area (TPSA) is 37.7 Å². The number of ketones is 1. The van der Waals surface area contributed by atoms with Crippen molar-refractivity contribution in [3.05, 3.63) is 101 Å². The molecule has 1 aliphatic carbocycles. The third kappa shape index (κ3) is 4.09. The number of benzene rings is 2. The van der Waals surface area contributed by atoms with E-state index in [4.69, 9.17) is 0 Å². The summed E-state index contributed by atoms with van der Waals surface area (Å²) in [7, 11) is 4.19. The van der Waals surface area contributed by atoms with Gasteiger partial charge in [0.2, 0.25) is 5.78 Å². The molecule has 0 atom stereocenters. The van der Waals surface area contributed by atoms with Gasteiger partial charge in [0.05, 0.1) is 5.56 Å². The molecule has 0 amide bonds. The average molecular weight is 425 g/mol. The van der Waals surface area contributed by atoms with Crippen LogP contribution < -0.4 is 14.8 Å². The van der Waals surface area contributed by atoms with E-state index >= 15 is 0 Å². The second-order valence-electron chi connectivity index (χ2n) is 8.07. The number of anilines is 2. The first-order valence-corrected chi connectivity index (χ1v) is 11.1. The van der Waals surface area contributed by atoms with Crippen LogP contribution >= 0.6 is 0 Å². The molecule has 4 rings (SSSR count). The van der Waals surface area contributed by atoms with Gasteiger partial charge in [0.25, 0.3) is 5.69 Å². The minimum absolute atomic E-state index is 0.00328. The molecule has 4 heteroatoms. The molecule has 0 unspecified atom stereocenters. The lowest BCUT2D eigenvalue weighted by molar-refractivity contribution is -0.381. The van der Waals surface area contributed by atoms with Gasteiger partial charge < -0.3 is 9.80 Å². The lowest BCUT2D eigenvalue weighted by Gasteiger charge is -2.21. The van der Waals surface area contributed by atoms with E-state index in [1.807, 2.05) is 18.2 Å². The first-order chi connectivity index (χ1) is 15.5. The molecule has 0 saturated carbocycles. The largest absolute Gasteiger partial charge is 0.375 e. The summed E-state index contributed by atoms with van der Waals surface area (Å²) >= 11 is 0. The van der Waals surface area contributed by atoms with Crippen LogP contribution in [0, 0.1) is 0 Å². The van der Waals surface area contributed by atoms with Gasteiger partial charge in [0, 0.05) is 44.6 Å². The predicted octanol–water partition coefficient (Wildman–Crippen LogP) is 5.12. The van der Waals surface area contributed by atoms with Crippen molar-refractivity contribution in [1.29, 1.82) is 0 Å². The minimum atomic E-state index is 0.00328. The molecular formula is C28H30N3O+. The van der Waals surface area contributed by atoms with E-state index in [1.165, 1.54) is 11.4 Å².